The summed E-state index contributed by atoms with van der Waals surface area (Å²) in [7, 11) is -3.94. The number of hydrogen-bond donors (Lipinski definition) is 2. The predicted octanol–water partition coefficient (Wildman–Crippen LogP) is 2.48. The van der Waals surface area contributed by atoms with Crippen molar-refractivity contribution < 1.29 is 17.6 Å². The number of carbonyl (C=O) groups excluding carboxylic acids is 1. The molecule has 0 spiro atoms. The highest BCUT2D eigenvalue weighted by Gasteiger charge is 2.22. The van der Waals surface area contributed by atoms with Crippen LogP contribution >= 0.6 is 12.4 Å². The standard InChI is InChI=1S/C18H20FN3O3S.ClH/c1-13-12-22(11-10-20-13)18(23)14-6-8-15(9-7-14)26(24,25)21-17-5-3-2-4-16(17)19;/h2-9,13,20-21H,10-12H2,1H3;1H. The van der Waals surface area contributed by atoms with E-state index in [0.29, 0.717) is 18.7 Å². The summed E-state index contributed by atoms with van der Waals surface area (Å²) >= 11 is 0. The van der Waals surface area contributed by atoms with Gasteiger partial charge in [0, 0.05) is 31.2 Å². The number of carbonyl (C=O) groups is 1. The van der Waals surface area contributed by atoms with Gasteiger partial charge in [0.05, 0.1) is 10.6 Å². The number of para-hydroxylation sites is 1. The maximum Gasteiger partial charge on any atom is 0.261 e. The van der Waals surface area contributed by atoms with Crippen molar-refractivity contribution in [3.05, 3.63) is 59.9 Å². The van der Waals surface area contributed by atoms with Gasteiger partial charge in [-0.25, -0.2) is 12.8 Å². The van der Waals surface area contributed by atoms with Gasteiger partial charge >= 0.3 is 0 Å². The van der Waals surface area contributed by atoms with Crippen LogP contribution in [0.3, 0.4) is 0 Å². The number of piperazine rings is 1. The molecule has 0 radical (unpaired) electrons. The Hall–Kier alpha value is -2.16. The zero-order chi connectivity index (χ0) is 18.7. The van der Waals surface area contributed by atoms with Gasteiger partial charge in [-0.2, -0.15) is 0 Å². The van der Waals surface area contributed by atoms with Crippen molar-refractivity contribution >= 4 is 34.0 Å². The summed E-state index contributed by atoms with van der Waals surface area (Å²) in [5.74, 6) is -0.792. The number of sulfonamides is 1. The van der Waals surface area contributed by atoms with Crippen molar-refractivity contribution in [3.8, 4) is 0 Å². The maximum absolute atomic E-state index is 13.7. The van der Waals surface area contributed by atoms with Gasteiger partial charge in [0.25, 0.3) is 15.9 Å². The Kier molecular flexibility index (Phi) is 6.80. The highest BCUT2D eigenvalue weighted by Crippen LogP contribution is 2.19. The topological polar surface area (TPSA) is 78.5 Å². The molecule has 6 nitrogen and oxygen atoms in total. The molecule has 146 valence electrons. The molecule has 2 N–H and O–H groups in total. The molecule has 0 aliphatic carbocycles. The van der Waals surface area contributed by atoms with Gasteiger partial charge in [-0.05, 0) is 43.3 Å². The fourth-order valence-electron chi connectivity index (χ4n) is 2.82. The summed E-state index contributed by atoms with van der Waals surface area (Å²) in [6.07, 6.45) is 0. The van der Waals surface area contributed by atoms with Gasteiger partial charge in [0.15, 0.2) is 0 Å². The third-order valence-corrected chi connectivity index (χ3v) is 5.57. The number of rotatable bonds is 4. The zero-order valence-electron chi connectivity index (χ0n) is 14.7. The molecule has 0 aromatic heterocycles. The molecule has 1 amide bonds. The van der Waals surface area contributed by atoms with Crippen molar-refractivity contribution in [2.75, 3.05) is 24.4 Å². The van der Waals surface area contributed by atoms with E-state index in [2.05, 4.69) is 10.0 Å². The second-order valence-corrected chi connectivity index (χ2v) is 7.90. The van der Waals surface area contributed by atoms with E-state index in [0.717, 1.165) is 6.54 Å². The molecule has 0 saturated carbocycles. The highest BCUT2D eigenvalue weighted by atomic mass is 35.5. The fraction of sp³-hybridized carbons (Fsp3) is 0.278. The molecule has 1 fully saturated rings. The van der Waals surface area contributed by atoms with Gasteiger partial charge in [-0.3, -0.25) is 9.52 Å². The first-order valence-electron chi connectivity index (χ1n) is 8.27. The lowest BCUT2D eigenvalue weighted by Crippen LogP contribution is -2.51. The van der Waals surface area contributed by atoms with Crippen LogP contribution in [0.4, 0.5) is 10.1 Å². The van der Waals surface area contributed by atoms with Gasteiger partial charge in [0.1, 0.15) is 5.82 Å². The third kappa shape index (κ3) is 4.97. The Labute approximate surface area is 164 Å². The van der Waals surface area contributed by atoms with Gasteiger partial charge < -0.3 is 10.2 Å². The maximum atomic E-state index is 13.7. The zero-order valence-corrected chi connectivity index (χ0v) is 16.3. The smallest absolute Gasteiger partial charge is 0.261 e. The second-order valence-electron chi connectivity index (χ2n) is 6.22. The van der Waals surface area contributed by atoms with Crippen LogP contribution in [0.25, 0.3) is 0 Å². The molecule has 1 atom stereocenters. The minimum atomic E-state index is -3.94. The molecule has 9 heteroatoms. The summed E-state index contributed by atoms with van der Waals surface area (Å²) in [6.45, 7) is 3.95. The van der Waals surface area contributed by atoms with E-state index in [1.807, 2.05) is 6.92 Å². The van der Waals surface area contributed by atoms with Gasteiger partial charge in [0.2, 0.25) is 0 Å². The number of benzene rings is 2. The summed E-state index contributed by atoms with van der Waals surface area (Å²) in [6, 6.07) is 11.4. The van der Waals surface area contributed by atoms with E-state index in [1.165, 1.54) is 48.5 Å². The van der Waals surface area contributed by atoms with Crippen LogP contribution in [-0.4, -0.2) is 44.9 Å². The van der Waals surface area contributed by atoms with Crippen LogP contribution in [-0.2, 0) is 10.0 Å². The van der Waals surface area contributed by atoms with E-state index < -0.39 is 15.8 Å². The summed E-state index contributed by atoms with van der Waals surface area (Å²) in [4.78, 5) is 14.2. The summed E-state index contributed by atoms with van der Waals surface area (Å²) in [5, 5.41) is 3.26. The molecule has 1 aliphatic heterocycles. The molecule has 0 bridgehead atoms. The molecule has 1 saturated heterocycles. The van der Waals surface area contributed by atoms with Crippen LogP contribution in [0.15, 0.2) is 53.4 Å². The fourth-order valence-corrected chi connectivity index (χ4v) is 3.89. The predicted molar refractivity (Wildman–Crippen MR) is 104 cm³/mol. The first-order valence-corrected chi connectivity index (χ1v) is 9.75. The largest absolute Gasteiger partial charge is 0.336 e. The normalized spacial score (nSPS) is 17.1. The van der Waals surface area contributed by atoms with Crippen LogP contribution in [0, 0.1) is 5.82 Å². The van der Waals surface area contributed by atoms with E-state index in [9.17, 15) is 17.6 Å². The molecule has 27 heavy (non-hydrogen) atoms. The summed E-state index contributed by atoms with van der Waals surface area (Å²) in [5.41, 5.74) is 0.298. The first kappa shape index (κ1) is 21.1. The third-order valence-electron chi connectivity index (χ3n) is 4.19. The lowest BCUT2D eigenvalue weighted by molar-refractivity contribution is 0.0709. The van der Waals surface area contributed by atoms with Gasteiger partial charge in [-0.15, -0.1) is 12.4 Å². The minimum Gasteiger partial charge on any atom is -0.336 e. The van der Waals surface area contributed by atoms with Crippen LogP contribution in [0.5, 0.6) is 0 Å². The average molecular weight is 414 g/mol. The van der Waals surface area contributed by atoms with Crippen LogP contribution in [0.2, 0.25) is 0 Å². The molecule has 1 aliphatic rings. The Balaban J connectivity index is 0.00000261. The van der Waals surface area contributed by atoms with Crippen molar-refractivity contribution in [2.24, 2.45) is 0 Å². The Morgan fingerprint density at radius 1 is 1.19 bits per heavy atom. The van der Waals surface area contributed by atoms with Gasteiger partial charge in [-0.1, -0.05) is 12.1 Å². The van der Waals surface area contributed by atoms with Crippen molar-refractivity contribution in [1.82, 2.24) is 10.2 Å². The SMILES string of the molecule is CC1CN(C(=O)c2ccc(S(=O)(=O)Nc3ccccc3F)cc2)CCN1.Cl. The van der Waals surface area contributed by atoms with Crippen molar-refractivity contribution in [1.29, 1.82) is 0 Å². The number of nitrogens with one attached hydrogen (secondary N) is 2. The van der Waals surface area contributed by atoms with Crippen LogP contribution < -0.4 is 10.0 Å². The number of halogens is 2. The Morgan fingerprint density at radius 3 is 2.48 bits per heavy atom. The molecule has 1 heterocycles. The summed E-state index contributed by atoms with van der Waals surface area (Å²) < 4.78 is 40.7. The second kappa shape index (κ2) is 8.69. The highest BCUT2D eigenvalue weighted by molar-refractivity contribution is 7.92. The van der Waals surface area contributed by atoms with Crippen molar-refractivity contribution in [2.45, 2.75) is 17.9 Å². The number of anilines is 1. The average Bonchev–Trinajstić information content (AvgIpc) is 2.63. The molecule has 2 aromatic carbocycles. The Morgan fingerprint density at radius 2 is 1.85 bits per heavy atom. The monoisotopic (exact) mass is 413 g/mol. The number of amides is 1. The number of hydrogen-bond acceptors (Lipinski definition) is 4. The molecule has 2 aromatic rings. The van der Waals surface area contributed by atoms with E-state index in [-0.39, 0.29) is 34.9 Å². The first-order chi connectivity index (χ1) is 12.4. The van der Waals surface area contributed by atoms with E-state index >= 15 is 0 Å². The molecule has 1 unspecified atom stereocenters. The lowest BCUT2D eigenvalue weighted by Gasteiger charge is -2.32. The minimum absolute atomic E-state index is 0. The molecular weight excluding hydrogens is 393 g/mol. The molecular formula is C18H21ClFN3O3S. The van der Waals surface area contributed by atoms with Crippen LogP contribution in [0.1, 0.15) is 17.3 Å². The lowest BCUT2D eigenvalue weighted by atomic mass is 10.1. The number of nitrogens with zero attached hydrogens (tertiary/aromatic N) is 1. The van der Waals surface area contributed by atoms with E-state index in [4.69, 9.17) is 0 Å². The van der Waals surface area contributed by atoms with E-state index in [1.54, 1.807) is 4.90 Å². The Bertz CT molecular complexity index is 906. The molecule has 3 rings (SSSR count). The van der Waals surface area contributed by atoms with Crippen molar-refractivity contribution in [3.63, 3.8) is 0 Å². The quantitative estimate of drug-likeness (QED) is 0.807.